The molecule has 1 aliphatic heterocycles. The molecule has 1 nitrogen and oxygen atoms in total. The predicted molar refractivity (Wildman–Crippen MR) is 97.9 cm³/mol. The summed E-state index contributed by atoms with van der Waals surface area (Å²) in [6, 6.07) is 12.9. The van der Waals surface area contributed by atoms with Crippen LogP contribution in [0.5, 0.6) is 5.75 Å². The topological polar surface area (TPSA) is 9.23 Å². The lowest BCUT2D eigenvalue weighted by Crippen LogP contribution is -2.05. The first-order chi connectivity index (χ1) is 9.54. The summed E-state index contributed by atoms with van der Waals surface area (Å²) >= 11 is 9.77. The first kappa shape index (κ1) is 14.9. The molecular weight excluding hydrogens is 495 g/mol. The Morgan fingerprint density at radius 1 is 1.25 bits per heavy atom. The molecule has 1 heterocycles. The van der Waals surface area contributed by atoms with Crippen LogP contribution in [0.15, 0.2) is 40.9 Å². The van der Waals surface area contributed by atoms with Crippen LogP contribution in [0.1, 0.15) is 28.4 Å². The van der Waals surface area contributed by atoms with Crippen molar-refractivity contribution >= 4 is 54.5 Å². The van der Waals surface area contributed by atoms with E-state index in [2.05, 4.69) is 97.8 Å². The highest BCUT2D eigenvalue weighted by atomic mass is 127. The zero-order valence-corrected chi connectivity index (χ0v) is 16.2. The Morgan fingerprint density at radius 3 is 2.85 bits per heavy atom. The van der Waals surface area contributed by atoms with Gasteiger partial charge in [-0.05, 0) is 70.5 Å². The molecule has 2 unspecified atom stereocenters. The quantitative estimate of drug-likeness (QED) is 0.365. The van der Waals surface area contributed by atoms with E-state index in [0.29, 0.717) is 6.10 Å². The maximum absolute atomic E-state index is 5.77. The smallest absolute Gasteiger partial charge is 0.123 e. The van der Waals surface area contributed by atoms with E-state index in [-0.39, 0.29) is 4.83 Å². The van der Waals surface area contributed by atoms with Gasteiger partial charge in [0.05, 0.1) is 4.83 Å². The summed E-state index contributed by atoms with van der Waals surface area (Å²) < 4.78 is 8.13. The highest BCUT2D eigenvalue weighted by Gasteiger charge is 2.21. The SMILES string of the molecule is CC1Cc2cc(C(Br)c3cc(Br)ccc3I)ccc2O1. The summed E-state index contributed by atoms with van der Waals surface area (Å²) in [6.07, 6.45) is 1.29. The first-order valence-electron chi connectivity index (χ1n) is 6.43. The highest BCUT2D eigenvalue weighted by molar-refractivity contribution is 14.1. The van der Waals surface area contributed by atoms with Gasteiger partial charge < -0.3 is 4.74 Å². The summed E-state index contributed by atoms with van der Waals surface area (Å²) in [5.74, 6) is 1.03. The van der Waals surface area contributed by atoms with Gasteiger partial charge in [0.15, 0.2) is 0 Å². The van der Waals surface area contributed by atoms with Gasteiger partial charge in [0.1, 0.15) is 11.9 Å². The van der Waals surface area contributed by atoms with Gasteiger partial charge in [0.25, 0.3) is 0 Å². The van der Waals surface area contributed by atoms with Gasteiger partial charge in [-0.3, -0.25) is 0 Å². The fourth-order valence-electron chi connectivity index (χ4n) is 2.49. The van der Waals surface area contributed by atoms with Crippen molar-refractivity contribution in [2.45, 2.75) is 24.3 Å². The van der Waals surface area contributed by atoms with Crippen molar-refractivity contribution in [3.8, 4) is 5.75 Å². The fourth-order valence-corrected chi connectivity index (χ4v) is 4.61. The minimum atomic E-state index is 0.202. The van der Waals surface area contributed by atoms with Crippen LogP contribution in [0, 0.1) is 3.57 Å². The monoisotopic (exact) mass is 506 g/mol. The molecule has 4 heteroatoms. The fraction of sp³-hybridized carbons (Fsp3) is 0.250. The molecule has 104 valence electrons. The molecule has 0 amide bonds. The summed E-state index contributed by atoms with van der Waals surface area (Å²) in [7, 11) is 0. The molecule has 0 fully saturated rings. The van der Waals surface area contributed by atoms with Gasteiger partial charge in [-0.15, -0.1) is 0 Å². The number of benzene rings is 2. The Labute approximate surface area is 149 Å². The van der Waals surface area contributed by atoms with Crippen molar-refractivity contribution in [3.05, 3.63) is 61.1 Å². The minimum Gasteiger partial charge on any atom is -0.490 e. The predicted octanol–water partition coefficient (Wildman–Crippen LogP) is 5.86. The number of ether oxygens (including phenoxy) is 1. The van der Waals surface area contributed by atoms with Crippen molar-refractivity contribution in [1.29, 1.82) is 0 Å². The van der Waals surface area contributed by atoms with Gasteiger partial charge in [-0.1, -0.05) is 44.0 Å². The van der Waals surface area contributed by atoms with E-state index in [4.69, 9.17) is 4.74 Å². The second kappa shape index (κ2) is 5.97. The number of rotatable bonds is 2. The summed E-state index contributed by atoms with van der Waals surface area (Å²) in [5, 5.41) is 0. The molecule has 0 aromatic heterocycles. The molecule has 0 radical (unpaired) electrons. The van der Waals surface area contributed by atoms with E-state index in [9.17, 15) is 0 Å². The van der Waals surface area contributed by atoms with Crippen molar-refractivity contribution in [2.24, 2.45) is 0 Å². The molecule has 0 saturated heterocycles. The molecule has 0 saturated carbocycles. The second-order valence-electron chi connectivity index (χ2n) is 5.03. The minimum absolute atomic E-state index is 0.202. The average Bonchev–Trinajstić information content (AvgIpc) is 2.79. The first-order valence-corrected chi connectivity index (χ1v) is 9.22. The summed E-state index contributed by atoms with van der Waals surface area (Å²) in [4.78, 5) is 0.202. The molecule has 0 spiro atoms. The van der Waals surface area contributed by atoms with Gasteiger partial charge in [0, 0.05) is 14.5 Å². The molecule has 1 aliphatic rings. The molecule has 20 heavy (non-hydrogen) atoms. The molecule has 2 aromatic rings. The van der Waals surface area contributed by atoms with Crippen LogP contribution in [0.2, 0.25) is 0 Å². The Hall–Kier alpha value is -0.0700. The lowest BCUT2D eigenvalue weighted by molar-refractivity contribution is 0.254. The molecule has 0 N–H and O–H groups in total. The van der Waals surface area contributed by atoms with Crippen LogP contribution in [-0.2, 0) is 6.42 Å². The van der Waals surface area contributed by atoms with Crippen LogP contribution in [0.4, 0.5) is 0 Å². The third-order valence-corrected chi connectivity index (χ3v) is 5.94. The van der Waals surface area contributed by atoms with Crippen molar-refractivity contribution in [1.82, 2.24) is 0 Å². The normalized spacial score (nSPS) is 18.5. The molecule has 2 aromatic carbocycles. The van der Waals surface area contributed by atoms with Gasteiger partial charge in [0.2, 0.25) is 0 Å². The van der Waals surface area contributed by atoms with Crippen molar-refractivity contribution < 1.29 is 4.74 Å². The Bertz CT molecular complexity index is 657. The highest BCUT2D eigenvalue weighted by Crippen LogP contribution is 2.38. The van der Waals surface area contributed by atoms with Crippen LogP contribution in [0.3, 0.4) is 0 Å². The number of hydrogen-bond acceptors (Lipinski definition) is 1. The van der Waals surface area contributed by atoms with E-state index in [1.54, 1.807) is 0 Å². The van der Waals surface area contributed by atoms with Crippen LogP contribution in [-0.4, -0.2) is 6.10 Å². The summed E-state index contributed by atoms with van der Waals surface area (Å²) in [6.45, 7) is 2.11. The number of halogens is 3. The Balaban J connectivity index is 1.97. The van der Waals surface area contributed by atoms with Gasteiger partial charge in [-0.2, -0.15) is 0 Å². The van der Waals surface area contributed by atoms with Crippen LogP contribution in [0.25, 0.3) is 0 Å². The van der Waals surface area contributed by atoms with Crippen LogP contribution >= 0.6 is 54.5 Å². The van der Waals surface area contributed by atoms with E-state index in [1.165, 1.54) is 20.3 Å². The maximum Gasteiger partial charge on any atom is 0.123 e. The molecule has 0 bridgehead atoms. The van der Waals surface area contributed by atoms with E-state index in [0.717, 1.165) is 16.6 Å². The second-order valence-corrected chi connectivity index (χ2v) is 8.02. The lowest BCUT2D eigenvalue weighted by atomic mass is 10.0. The maximum atomic E-state index is 5.77. The van der Waals surface area contributed by atoms with Gasteiger partial charge >= 0.3 is 0 Å². The number of alkyl halides is 1. The third-order valence-electron chi connectivity index (χ3n) is 3.44. The molecular formula is C16H13Br2IO. The standard InChI is InChI=1S/C16H13Br2IO/c1-9-6-11-7-10(2-5-15(11)20-9)16(18)13-8-12(17)3-4-14(13)19/h2-5,7-9,16H,6H2,1H3. The average molecular weight is 508 g/mol. The number of fused-ring (bicyclic) bond motifs is 1. The number of hydrogen-bond donors (Lipinski definition) is 0. The molecule has 0 aliphatic carbocycles. The Kier molecular flexibility index (Phi) is 4.43. The van der Waals surface area contributed by atoms with Gasteiger partial charge in [-0.25, -0.2) is 0 Å². The van der Waals surface area contributed by atoms with E-state index in [1.807, 2.05) is 0 Å². The van der Waals surface area contributed by atoms with Crippen LogP contribution < -0.4 is 4.74 Å². The third kappa shape index (κ3) is 2.92. The zero-order valence-electron chi connectivity index (χ0n) is 10.9. The lowest BCUT2D eigenvalue weighted by Gasteiger charge is -2.14. The van der Waals surface area contributed by atoms with E-state index < -0.39 is 0 Å². The summed E-state index contributed by atoms with van der Waals surface area (Å²) in [5.41, 5.74) is 3.87. The van der Waals surface area contributed by atoms with Crippen molar-refractivity contribution in [3.63, 3.8) is 0 Å². The Morgan fingerprint density at radius 2 is 2.05 bits per heavy atom. The molecule has 2 atom stereocenters. The molecule has 3 rings (SSSR count). The zero-order chi connectivity index (χ0) is 14.3. The van der Waals surface area contributed by atoms with E-state index >= 15 is 0 Å². The van der Waals surface area contributed by atoms with Crippen molar-refractivity contribution in [2.75, 3.05) is 0 Å². The largest absolute Gasteiger partial charge is 0.490 e.